The number of thiocarbonyl (C=S) groups is 1. The maximum absolute atomic E-state index is 5.66. The van der Waals surface area contributed by atoms with Crippen molar-refractivity contribution in [1.29, 1.82) is 0 Å². The lowest BCUT2D eigenvalue weighted by molar-refractivity contribution is 0.0900. The Morgan fingerprint density at radius 2 is 2.44 bits per heavy atom. The number of nitrogens with one attached hydrogen (secondary N) is 1. The highest BCUT2D eigenvalue weighted by molar-refractivity contribution is 7.80. The summed E-state index contributed by atoms with van der Waals surface area (Å²) in [5, 5.41) is 3.34. The van der Waals surface area contributed by atoms with Gasteiger partial charge in [-0.05, 0) is 25.0 Å². The summed E-state index contributed by atoms with van der Waals surface area (Å²) in [6.07, 6.45) is 2.55. The standard InChI is InChI=1S/C13H19N3OS/c1-2-11-9(6-7-17-11)8-15-12-5-3-4-10(16-12)13(14)18/h3-5,9,11H,2,6-8H2,1H3,(H2,14,18)(H,15,16). The molecule has 0 saturated carbocycles. The molecule has 3 N–H and O–H groups in total. The fourth-order valence-corrected chi connectivity index (χ4v) is 2.40. The Labute approximate surface area is 113 Å². The maximum Gasteiger partial charge on any atom is 0.126 e. The molecule has 2 rings (SSSR count). The molecule has 0 spiro atoms. The molecular formula is C13H19N3OS. The summed E-state index contributed by atoms with van der Waals surface area (Å²) in [7, 11) is 0. The van der Waals surface area contributed by atoms with E-state index in [9.17, 15) is 0 Å². The highest BCUT2D eigenvalue weighted by Crippen LogP contribution is 2.23. The topological polar surface area (TPSA) is 60.2 Å². The largest absolute Gasteiger partial charge is 0.388 e. The first-order chi connectivity index (χ1) is 8.70. The van der Waals surface area contributed by atoms with Crippen LogP contribution in [0.2, 0.25) is 0 Å². The molecule has 5 heteroatoms. The van der Waals surface area contributed by atoms with Crippen molar-refractivity contribution in [3.63, 3.8) is 0 Å². The molecule has 1 aromatic rings. The number of nitrogens with zero attached hydrogens (tertiary/aromatic N) is 1. The van der Waals surface area contributed by atoms with E-state index in [0.29, 0.717) is 22.7 Å². The molecule has 2 atom stereocenters. The molecule has 0 amide bonds. The van der Waals surface area contributed by atoms with Crippen LogP contribution in [0.1, 0.15) is 25.5 Å². The molecule has 4 nitrogen and oxygen atoms in total. The first kappa shape index (κ1) is 13.2. The highest BCUT2D eigenvalue weighted by atomic mass is 32.1. The summed E-state index contributed by atoms with van der Waals surface area (Å²) in [5.41, 5.74) is 6.22. The number of rotatable bonds is 5. The minimum atomic E-state index is 0.328. The van der Waals surface area contributed by atoms with Gasteiger partial charge in [0.1, 0.15) is 10.8 Å². The molecule has 0 bridgehead atoms. The molecule has 98 valence electrons. The Bertz CT molecular complexity index is 424. The third-order valence-electron chi connectivity index (χ3n) is 3.30. The molecule has 1 fully saturated rings. The molecule has 0 aliphatic carbocycles. The summed E-state index contributed by atoms with van der Waals surface area (Å²) in [5.74, 6) is 1.38. The monoisotopic (exact) mass is 265 g/mol. The van der Waals surface area contributed by atoms with E-state index in [1.807, 2.05) is 18.2 Å². The van der Waals surface area contributed by atoms with Gasteiger partial charge in [-0.25, -0.2) is 4.98 Å². The van der Waals surface area contributed by atoms with Crippen molar-refractivity contribution in [3.8, 4) is 0 Å². The predicted molar refractivity (Wildman–Crippen MR) is 76.8 cm³/mol. The number of ether oxygens (including phenoxy) is 1. The Hall–Kier alpha value is -1.20. The molecular weight excluding hydrogens is 246 g/mol. The van der Waals surface area contributed by atoms with Crippen molar-refractivity contribution in [3.05, 3.63) is 23.9 Å². The Morgan fingerprint density at radius 1 is 1.61 bits per heavy atom. The van der Waals surface area contributed by atoms with E-state index in [2.05, 4.69) is 17.2 Å². The number of pyridine rings is 1. The van der Waals surface area contributed by atoms with Gasteiger partial charge in [-0.3, -0.25) is 0 Å². The number of hydrogen-bond acceptors (Lipinski definition) is 4. The number of hydrogen-bond donors (Lipinski definition) is 2. The lowest BCUT2D eigenvalue weighted by atomic mass is 10.00. The Kier molecular flexibility index (Phi) is 4.49. The summed E-state index contributed by atoms with van der Waals surface area (Å²) in [6, 6.07) is 5.66. The van der Waals surface area contributed by atoms with Crippen LogP contribution in [-0.2, 0) is 4.74 Å². The average Bonchev–Trinajstić information content (AvgIpc) is 2.84. The predicted octanol–water partition coefficient (Wildman–Crippen LogP) is 1.94. The first-order valence-electron chi connectivity index (χ1n) is 6.33. The summed E-state index contributed by atoms with van der Waals surface area (Å²) in [6.45, 7) is 3.91. The van der Waals surface area contributed by atoms with E-state index in [-0.39, 0.29) is 0 Å². The van der Waals surface area contributed by atoms with Crippen LogP contribution in [0.25, 0.3) is 0 Å². The van der Waals surface area contributed by atoms with E-state index in [4.69, 9.17) is 22.7 Å². The van der Waals surface area contributed by atoms with E-state index in [1.54, 1.807) is 0 Å². The van der Waals surface area contributed by atoms with Crippen molar-refractivity contribution < 1.29 is 4.74 Å². The minimum absolute atomic E-state index is 0.328. The maximum atomic E-state index is 5.66. The van der Waals surface area contributed by atoms with Gasteiger partial charge in [0, 0.05) is 19.1 Å². The SMILES string of the molecule is CCC1OCCC1CNc1cccc(C(N)=S)n1. The van der Waals surface area contributed by atoms with E-state index < -0.39 is 0 Å². The van der Waals surface area contributed by atoms with Crippen LogP contribution in [-0.4, -0.2) is 29.2 Å². The van der Waals surface area contributed by atoms with E-state index in [1.165, 1.54) is 0 Å². The van der Waals surface area contributed by atoms with Crippen LogP contribution in [0.4, 0.5) is 5.82 Å². The van der Waals surface area contributed by atoms with Gasteiger partial charge < -0.3 is 15.8 Å². The van der Waals surface area contributed by atoms with Crippen molar-refractivity contribution in [2.24, 2.45) is 11.7 Å². The molecule has 1 saturated heterocycles. The number of nitrogens with two attached hydrogens (primary N) is 1. The van der Waals surface area contributed by atoms with Crippen LogP contribution < -0.4 is 11.1 Å². The zero-order chi connectivity index (χ0) is 13.0. The van der Waals surface area contributed by atoms with Gasteiger partial charge in [0.15, 0.2) is 0 Å². The summed E-state index contributed by atoms with van der Waals surface area (Å²) in [4.78, 5) is 4.69. The summed E-state index contributed by atoms with van der Waals surface area (Å²) >= 11 is 4.92. The third kappa shape index (κ3) is 3.17. The van der Waals surface area contributed by atoms with Gasteiger partial charge >= 0.3 is 0 Å². The normalized spacial score (nSPS) is 22.9. The molecule has 1 aliphatic heterocycles. The third-order valence-corrected chi connectivity index (χ3v) is 3.50. The zero-order valence-corrected chi connectivity index (χ0v) is 11.4. The van der Waals surface area contributed by atoms with Gasteiger partial charge in [-0.2, -0.15) is 0 Å². The Morgan fingerprint density at radius 3 is 3.17 bits per heavy atom. The fourth-order valence-electron chi connectivity index (χ4n) is 2.28. The fraction of sp³-hybridized carbons (Fsp3) is 0.538. The van der Waals surface area contributed by atoms with Gasteiger partial charge in [0.05, 0.1) is 11.8 Å². The average molecular weight is 265 g/mol. The molecule has 0 radical (unpaired) electrons. The van der Waals surface area contributed by atoms with Crippen LogP contribution in [0.15, 0.2) is 18.2 Å². The number of anilines is 1. The molecule has 2 heterocycles. The Balaban J connectivity index is 1.93. The van der Waals surface area contributed by atoms with Crippen molar-refractivity contribution in [2.45, 2.75) is 25.9 Å². The highest BCUT2D eigenvalue weighted by Gasteiger charge is 2.26. The van der Waals surface area contributed by atoms with Crippen LogP contribution in [0.3, 0.4) is 0 Å². The van der Waals surface area contributed by atoms with Gasteiger partial charge in [-0.15, -0.1) is 0 Å². The van der Waals surface area contributed by atoms with Crippen molar-refractivity contribution in [1.82, 2.24) is 4.98 Å². The summed E-state index contributed by atoms with van der Waals surface area (Å²) < 4.78 is 5.66. The second-order valence-corrected chi connectivity index (χ2v) is 4.96. The molecule has 0 aromatic carbocycles. The quantitative estimate of drug-likeness (QED) is 0.797. The van der Waals surface area contributed by atoms with Crippen molar-refractivity contribution in [2.75, 3.05) is 18.5 Å². The number of aromatic nitrogens is 1. The van der Waals surface area contributed by atoms with Gasteiger partial charge in [0.25, 0.3) is 0 Å². The van der Waals surface area contributed by atoms with Crippen LogP contribution >= 0.6 is 12.2 Å². The van der Waals surface area contributed by atoms with E-state index in [0.717, 1.165) is 31.8 Å². The lowest BCUT2D eigenvalue weighted by Crippen LogP contribution is -2.23. The molecule has 2 unspecified atom stereocenters. The molecule has 1 aromatic heterocycles. The van der Waals surface area contributed by atoms with Gasteiger partial charge in [0.2, 0.25) is 0 Å². The second kappa shape index (κ2) is 6.11. The lowest BCUT2D eigenvalue weighted by Gasteiger charge is -2.17. The van der Waals surface area contributed by atoms with E-state index >= 15 is 0 Å². The smallest absolute Gasteiger partial charge is 0.126 e. The second-order valence-electron chi connectivity index (χ2n) is 4.52. The minimum Gasteiger partial charge on any atom is -0.388 e. The van der Waals surface area contributed by atoms with Crippen LogP contribution in [0.5, 0.6) is 0 Å². The van der Waals surface area contributed by atoms with Crippen molar-refractivity contribution >= 4 is 23.0 Å². The van der Waals surface area contributed by atoms with Crippen LogP contribution in [0, 0.1) is 5.92 Å². The first-order valence-corrected chi connectivity index (χ1v) is 6.74. The van der Waals surface area contributed by atoms with Gasteiger partial charge in [-0.1, -0.05) is 25.2 Å². The zero-order valence-electron chi connectivity index (χ0n) is 10.6. The molecule has 1 aliphatic rings. The molecule has 18 heavy (non-hydrogen) atoms.